The molecule has 1 aromatic carbocycles. The SMILES string of the molecule is NCC(=O)c1ccc2c(c1)C([N+](=O)[O-])=CC2. The van der Waals surface area contributed by atoms with Crippen molar-refractivity contribution in [3.05, 3.63) is 51.1 Å². The van der Waals surface area contributed by atoms with Crippen molar-refractivity contribution in [1.29, 1.82) is 0 Å². The molecule has 0 heterocycles. The molecule has 16 heavy (non-hydrogen) atoms. The van der Waals surface area contributed by atoms with Gasteiger partial charge >= 0.3 is 0 Å². The van der Waals surface area contributed by atoms with E-state index in [1.807, 2.05) is 0 Å². The van der Waals surface area contributed by atoms with E-state index in [1.165, 1.54) is 0 Å². The van der Waals surface area contributed by atoms with Crippen LogP contribution >= 0.6 is 0 Å². The van der Waals surface area contributed by atoms with Crippen molar-refractivity contribution in [3.8, 4) is 0 Å². The van der Waals surface area contributed by atoms with Crippen LogP contribution in [0.4, 0.5) is 0 Å². The summed E-state index contributed by atoms with van der Waals surface area (Å²) in [6.07, 6.45) is 2.10. The minimum Gasteiger partial charge on any atom is -0.324 e. The monoisotopic (exact) mass is 218 g/mol. The van der Waals surface area contributed by atoms with Crippen LogP contribution in [0.3, 0.4) is 0 Å². The number of allylic oxidation sites excluding steroid dienone is 1. The lowest BCUT2D eigenvalue weighted by molar-refractivity contribution is -0.375. The summed E-state index contributed by atoms with van der Waals surface area (Å²) in [6.45, 7) is -0.0870. The van der Waals surface area contributed by atoms with Gasteiger partial charge in [0.2, 0.25) is 0 Å². The minimum atomic E-state index is -0.428. The number of carbonyl (C=O) groups is 1. The van der Waals surface area contributed by atoms with E-state index < -0.39 is 4.92 Å². The molecule has 2 rings (SSSR count). The normalized spacial score (nSPS) is 13.2. The maximum atomic E-state index is 11.4. The summed E-state index contributed by atoms with van der Waals surface area (Å²) in [5.74, 6) is -0.211. The highest BCUT2D eigenvalue weighted by Crippen LogP contribution is 2.28. The van der Waals surface area contributed by atoms with Gasteiger partial charge in [0.25, 0.3) is 5.70 Å². The fraction of sp³-hybridized carbons (Fsp3) is 0.182. The van der Waals surface area contributed by atoms with Crippen LogP contribution in [0.5, 0.6) is 0 Å². The second-order valence-corrected chi connectivity index (χ2v) is 3.55. The van der Waals surface area contributed by atoms with Crippen LogP contribution in [-0.4, -0.2) is 17.3 Å². The van der Waals surface area contributed by atoms with Crippen LogP contribution in [0.25, 0.3) is 5.70 Å². The van der Waals surface area contributed by atoms with Crippen LogP contribution < -0.4 is 5.73 Å². The molecule has 0 saturated carbocycles. The largest absolute Gasteiger partial charge is 0.324 e. The molecule has 0 bridgehead atoms. The molecule has 0 spiro atoms. The molecule has 0 atom stereocenters. The number of Topliss-reactive ketones (excluding diaryl/α,β-unsaturated/α-hetero) is 1. The molecule has 1 aliphatic rings. The van der Waals surface area contributed by atoms with Crippen molar-refractivity contribution in [2.75, 3.05) is 6.54 Å². The number of nitrogens with two attached hydrogens (primary N) is 1. The van der Waals surface area contributed by atoms with E-state index in [0.717, 1.165) is 5.56 Å². The number of carbonyl (C=O) groups excluding carboxylic acids is 1. The number of benzene rings is 1. The molecule has 82 valence electrons. The molecule has 1 aliphatic carbocycles. The molecule has 2 N–H and O–H groups in total. The average Bonchev–Trinajstić information content (AvgIpc) is 2.70. The highest BCUT2D eigenvalue weighted by molar-refractivity contribution is 5.98. The third kappa shape index (κ3) is 1.61. The van der Waals surface area contributed by atoms with Gasteiger partial charge in [0.05, 0.1) is 17.0 Å². The average molecular weight is 218 g/mol. The first-order valence-corrected chi connectivity index (χ1v) is 4.84. The van der Waals surface area contributed by atoms with Gasteiger partial charge in [-0.1, -0.05) is 12.1 Å². The summed E-state index contributed by atoms with van der Waals surface area (Å²) in [6, 6.07) is 4.95. The van der Waals surface area contributed by atoms with Crippen molar-refractivity contribution in [2.24, 2.45) is 5.73 Å². The molecular formula is C11H10N2O3. The van der Waals surface area contributed by atoms with Gasteiger partial charge in [-0.3, -0.25) is 14.9 Å². The lowest BCUT2D eigenvalue weighted by Gasteiger charge is -2.02. The highest BCUT2D eigenvalue weighted by atomic mass is 16.6. The molecule has 0 amide bonds. The van der Waals surface area contributed by atoms with E-state index in [9.17, 15) is 14.9 Å². The number of nitrogens with zero attached hydrogens (tertiary/aromatic N) is 1. The van der Waals surface area contributed by atoms with Crippen molar-refractivity contribution in [1.82, 2.24) is 0 Å². The van der Waals surface area contributed by atoms with Gasteiger partial charge in [-0.25, -0.2) is 0 Å². The van der Waals surface area contributed by atoms with Crippen molar-refractivity contribution >= 4 is 11.5 Å². The molecule has 0 saturated heterocycles. The lowest BCUT2D eigenvalue weighted by atomic mass is 10.0. The van der Waals surface area contributed by atoms with E-state index in [4.69, 9.17) is 5.73 Å². The molecule has 0 aromatic heterocycles. The molecule has 0 aliphatic heterocycles. The van der Waals surface area contributed by atoms with E-state index in [-0.39, 0.29) is 18.0 Å². The number of hydrogen-bond donors (Lipinski definition) is 1. The Morgan fingerprint density at radius 1 is 1.50 bits per heavy atom. The summed E-state index contributed by atoms with van der Waals surface area (Å²) >= 11 is 0. The molecule has 0 unspecified atom stereocenters. The third-order valence-electron chi connectivity index (χ3n) is 2.61. The number of fused-ring (bicyclic) bond motifs is 1. The van der Waals surface area contributed by atoms with Gasteiger partial charge in [0.15, 0.2) is 5.78 Å². The Hall–Kier alpha value is -2.01. The number of ketones is 1. The molecule has 0 radical (unpaired) electrons. The maximum Gasteiger partial charge on any atom is 0.273 e. The predicted molar refractivity (Wildman–Crippen MR) is 58.5 cm³/mol. The highest BCUT2D eigenvalue weighted by Gasteiger charge is 2.24. The summed E-state index contributed by atoms with van der Waals surface area (Å²) in [4.78, 5) is 21.7. The topological polar surface area (TPSA) is 86.2 Å². The number of rotatable bonds is 3. The quantitative estimate of drug-likeness (QED) is 0.466. The first kappa shape index (κ1) is 10.5. The Labute approximate surface area is 91.7 Å². The summed E-state index contributed by atoms with van der Waals surface area (Å²) in [5.41, 5.74) is 7.15. The van der Waals surface area contributed by atoms with Crippen LogP contribution in [0, 0.1) is 10.1 Å². The van der Waals surface area contributed by atoms with Gasteiger partial charge in [-0.15, -0.1) is 0 Å². The molecule has 1 aromatic rings. The summed E-state index contributed by atoms with van der Waals surface area (Å²) < 4.78 is 0. The number of hydrogen-bond acceptors (Lipinski definition) is 4. The Morgan fingerprint density at radius 3 is 2.88 bits per heavy atom. The van der Waals surface area contributed by atoms with E-state index in [2.05, 4.69) is 0 Å². The third-order valence-corrected chi connectivity index (χ3v) is 2.61. The Kier molecular flexibility index (Phi) is 2.54. The van der Waals surface area contributed by atoms with Gasteiger partial charge in [0.1, 0.15) is 0 Å². The van der Waals surface area contributed by atoms with E-state index >= 15 is 0 Å². The first-order chi connectivity index (χ1) is 7.63. The zero-order valence-corrected chi connectivity index (χ0v) is 8.47. The van der Waals surface area contributed by atoms with Crippen LogP contribution in [-0.2, 0) is 6.42 Å². The Bertz CT molecular complexity index is 506. The Morgan fingerprint density at radius 2 is 2.25 bits per heavy atom. The van der Waals surface area contributed by atoms with E-state index in [0.29, 0.717) is 17.5 Å². The second kappa shape index (κ2) is 3.86. The lowest BCUT2D eigenvalue weighted by Crippen LogP contribution is -2.14. The molecular weight excluding hydrogens is 208 g/mol. The van der Waals surface area contributed by atoms with Gasteiger partial charge in [-0.05, 0) is 24.1 Å². The van der Waals surface area contributed by atoms with Crippen molar-refractivity contribution < 1.29 is 9.72 Å². The molecule has 5 nitrogen and oxygen atoms in total. The smallest absolute Gasteiger partial charge is 0.273 e. The molecule has 0 fully saturated rings. The zero-order valence-electron chi connectivity index (χ0n) is 8.47. The van der Waals surface area contributed by atoms with Crippen molar-refractivity contribution in [2.45, 2.75) is 6.42 Å². The Balaban J connectivity index is 2.46. The van der Waals surface area contributed by atoms with E-state index in [1.54, 1.807) is 24.3 Å². The van der Waals surface area contributed by atoms with Crippen LogP contribution in [0.1, 0.15) is 21.5 Å². The predicted octanol–water partition coefficient (Wildman–Crippen LogP) is 1.00. The van der Waals surface area contributed by atoms with Gasteiger partial charge < -0.3 is 5.73 Å². The first-order valence-electron chi connectivity index (χ1n) is 4.84. The summed E-state index contributed by atoms with van der Waals surface area (Å²) in [5, 5.41) is 10.7. The molecule has 5 heteroatoms. The fourth-order valence-corrected chi connectivity index (χ4v) is 1.77. The second-order valence-electron chi connectivity index (χ2n) is 3.55. The maximum absolute atomic E-state index is 11.4. The van der Waals surface area contributed by atoms with Gasteiger partial charge in [0, 0.05) is 5.56 Å². The van der Waals surface area contributed by atoms with Gasteiger partial charge in [-0.2, -0.15) is 0 Å². The number of nitro groups is 1. The minimum absolute atomic E-state index is 0.0710. The van der Waals surface area contributed by atoms with Crippen LogP contribution in [0.2, 0.25) is 0 Å². The summed E-state index contributed by atoms with van der Waals surface area (Å²) in [7, 11) is 0. The van der Waals surface area contributed by atoms with Crippen molar-refractivity contribution in [3.63, 3.8) is 0 Å². The fourth-order valence-electron chi connectivity index (χ4n) is 1.77. The van der Waals surface area contributed by atoms with Crippen LogP contribution in [0.15, 0.2) is 24.3 Å². The zero-order chi connectivity index (χ0) is 11.7. The standard InChI is InChI=1S/C11H10N2O3/c12-6-11(14)8-2-1-7-3-4-10(13(15)16)9(7)5-8/h1-2,4-5H,3,6,12H2.